The average Bonchev–Trinajstić information content (AvgIpc) is 2.39. The van der Waals surface area contributed by atoms with Gasteiger partial charge in [0.05, 0.1) is 24.1 Å². The van der Waals surface area contributed by atoms with Crippen LogP contribution in [0.25, 0.3) is 0 Å². The number of carbonyl (C=O) groups is 1. The predicted octanol–water partition coefficient (Wildman–Crippen LogP) is 2.90. The maximum atomic E-state index is 12.2. The molecule has 98 valence electrons. The molecule has 0 aliphatic heterocycles. The van der Waals surface area contributed by atoms with Crippen molar-refractivity contribution < 1.29 is 9.90 Å². The van der Waals surface area contributed by atoms with Crippen LogP contribution in [0.3, 0.4) is 0 Å². The van der Waals surface area contributed by atoms with Gasteiger partial charge in [-0.15, -0.1) is 0 Å². The highest BCUT2D eigenvalue weighted by Gasteiger charge is 2.12. The van der Waals surface area contributed by atoms with E-state index in [4.69, 9.17) is 0 Å². The molecule has 0 bridgehead atoms. The van der Waals surface area contributed by atoms with Crippen LogP contribution in [0.1, 0.15) is 21.5 Å². The Labute approximate surface area is 119 Å². The lowest BCUT2D eigenvalue weighted by Crippen LogP contribution is -2.14. The number of nitrogens with one attached hydrogen (secondary N) is 1. The monoisotopic (exact) mass is 320 g/mol. The molecule has 5 heteroatoms. The molecule has 1 aromatic carbocycles. The molecule has 1 heterocycles. The lowest BCUT2D eigenvalue weighted by atomic mass is 10.1. The van der Waals surface area contributed by atoms with E-state index < -0.39 is 0 Å². The van der Waals surface area contributed by atoms with E-state index in [0.29, 0.717) is 16.8 Å². The van der Waals surface area contributed by atoms with Crippen molar-refractivity contribution >= 4 is 27.5 Å². The Morgan fingerprint density at radius 1 is 1.42 bits per heavy atom. The number of pyridine rings is 1. The van der Waals surface area contributed by atoms with Crippen LogP contribution in [-0.2, 0) is 6.61 Å². The van der Waals surface area contributed by atoms with Crippen LogP contribution in [0.15, 0.2) is 41.1 Å². The molecule has 1 aromatic heterocycles. The number of hydrogen-bond donors (Lipinski definition) is 2. The SMILES string of the molecule is Cc1ccc(C(=O)Nc2cnccc2CO)c(Br)c1. The average molecular weight is 321 g/mol. The molecule has 0 spiro atoms. The summed E-state index contributed by atoms with van der Waals surface area (Å²) in [7, 11) is 0. The minimum atomic E-state index is -0.241. The van der Waals surface area contributed by atoms with E-state index in [1.165, 1.54) is 6.20 Å². The number of rotatable bonds is 3. The van der Waals surface area contributed by atoms with Crippen molar-refractivity contribution in [1.82, 2.24) is 4.98 Å². The lowest BCUT2D eigenvalue weighted by molar-refractivity contribution is 0.102. The normalized spacial score (nSPS) is 10.3. The first-order valence-corrected chi connectivity index (χ1v) is 6.52. The number of anilines is 1. The molecule has 2 rings (SSSR count). The Morgan fingerprint density at radius 3 is 2.89 bits per heavy atom. The van der Waals surface area contributed by atoms with E-state index in [0.717, 1.165) is 10.0 Å². The van der Waals surface area contributed by atoms with Crippen LogP contribution in [-0.4, -0.2) is 16.0 Å². The van der Waals surface area contributed by atoms with Crippen molar-refractivity contribution in [1.29, 1.82) is 0 Å². The minimum Gasteiger partial charge on any atom is -0.392 e. The van der Waals surface area contributed by atoms with Gasteiger partial charge >= 0.3 is 0 Å². The molecule has 2 N–H and O–H groups in total. The zero-order valence-electron chi connectivity index (χ0n) is 10.4. The zero-order valence-corrected chi connectivity index (χ0v) is 11.9. The molecule has 2 aromatic rings. The highest BCUT2D eigenvalue weighted by atomic mass is 79.9. The molecule has 0 saturated heterocycles. The standard InChI is InChI=1S/C14H13BrN2O2/c1-9-2-3-11(12(15)6-9)14(19)17-13-7-16-5-4-10(13)8-18/h2-7,18H,8H2,1H3,(H,17,19). The van der Waals surface area contributed by atoms with Crippen LogP contribution < -0.4 is 5.32 Å². The molecular formula is C14H13BrN2O2. The van der Waals surface area contributed by atoms with Gasteiger partial charge in [0.1, 0.15) is 0 Å². The summed E-state index contributed by atoms with van der Waals surface area (Å²) in [5, 5.41) is 12.0. The number of aliphatic hydroxyl groups is 1. The third-order valence-electron chi connectivity index (χ3n) is 2.70. The first-order valence-electron chi connectivity index (χ1n) is 5.73. The summed E-state index contributed by atoms with van der Waals surface area (Å²) in [5.41, 5.74) is 2.76. The Morgan fingerprint density at radius 2 is 2.21 bits per heavy atom. The summed E-state index contributed by atoms with van der Waals surface area (Å²) >= 11 is 3.37. The summed E-state index contributed by atoms with van der Waals surface area (Å²) in [6.45, 7) is 1.81. The van der Waals surface area contributed by atoms with Crippen molar-refractivity contribution in [3.05, 3.63) is 57.8 Å². The van der Waals surface area contributed by atoms with Crippen molar-refractivity contribution in [2.75, 3.05) is 5.32 Å². The quantitative estimate of drug-likeness (QED) is 0.914. The van der Waals surface area contributed by atoms with E-state index in [1.54, 1.807) is 18.3 Å². The summed E-state index contributed by atoms with van der Waals surface area (Å²) in [6.07, 6.45) is 3.09. The second-order valence-electron chi connectivity index (χ2n) is 4.13. The fourth-order valence-corrected chi connectivity index (χ4v) is 2.34. The third kappa shape index (κ3) is 3.19. The van der Waals surface area contributed by atoms with Crippen LogP contribution in [0.5, 0.6) is 0 Å². The molecular weight excluding hydrogens is 308 g/mol. The fraction of sp³-hybridized carbons (Fsp3) is 0.143. The van der Waals surface area contributed by atoms with E-state index >= 15 is 0 Å². The molecule has 0 unspecified atom stereocenters. The number of amides is 1. The van der Waals surface area contributed by atoms with E-state index in [1.807, 2.05) is 19.1 Å². The first-order chi connectivity index (χ1) is 9.11. The van der Waals surface area contributed by atoms with Crippen LogP contribution in [0.4, 0.5) is 5.69 Å². The Balaban J connectivity index is 2.26. The van der Waals surface area contributed by atoms with Crippen LogP contribution >= 0.6 is 15.9 Å². The molecule has 0 saturated carbocycles. The number of nitrogens with zero attached hydrogens (tertiary/aromatic N) is 1. The van der Waals surface area contributed by atoms with E-state index in [9.17, 15) is 9.90 Å². The Kier molecular flexibility index (Phi) is 4.29. The van der Waals surface area contributed by atoms with Crippen molar-refractivity contribution in [2.24, 2.45) is 0 Å². The maximum absolute atomic E-state index is 12.2. The molecule has 1 amide bonds. The highest BCUT2D eigenvalue weighted by molar-refractivity contribution is 9.10. The van der Waals surface area contributed by atoms with Crippen molar-refractivity contribution in [3.8, 4) is 0 Å². The molecule has 0 radical (unpaired) electrons. The number of carbonyl (C=O) groups excluding carboxylic acids is 1. The molecule has 19 heavy (non-hydrogen) atoms. The first kappa shape index (κ1) is 13.7. The van der Waals surface area contributed by atoms with Gasteiger partial charge in [-0.25, -0.2) is 0 Å². The van der Waals surface area contributed by atoms with Gasteiger partial charge in [-0.2, -0.15) is 0 Å². The minimum absolute atomic E-state index is 0.146. The van der Waals surface area contributed by atoms with Crippen LogP contribution in [0, 0.1) is 6.92 Å². The number of hydrogen-bond acceptors (Lipinski definition) is 3. The maximum Gasteiger partial charge on any atom is 0.256 e. The number of halogens is 1. The lowest BCUT2D eigenvalue weighted by Gasteiger charge is -2.10. The topological polar surface area (TPSA) is 62.2 Å². The second-order valence-corrected chi connectivity index (χ2v) is 4.98. The summed E-state index contributed by atoms with van der Waals surface area (Å²) in [6, 6.07) is 7.17. The zero-order chi connectivity index (χ0) is 13.8. The summed E-state index contributed by atoms with van der Waals surface area (Å²) in [5.74, 6) is -0.241. The van der Waals surface area contributed by atoms with Crippen LogP contribution in [0.2, 0.25) is 0 Å². The third-order valence-corrected chi connectivity index (χ3v) is 3.36. The van der Waals surface area contributed by atoms with Gasteiger partial charge < -0.3 is 10.4 Å². The van der Waals surface area contributed by atoms with Gasteiger partial charge in [0.25, 0.3) is 5.91 Å². The second kappa shape index (κ2) is 5.95. The molecule has 0 atom stereocenters. The Bertz CT molecular complexity index is 614. The van der Waals surface area contributed by atoms with Crippen molar-refractivity contribution in [2.45, 2.75) is 13.5 Å². The Hall–Kier alpha value is -1.72. The van der Waals surface area contributed by atoms with E-state index in [-0.39, 0.29) is 12.5 Å². The van der Waals surface area contributed by atoms with E-state index in [2.05, 4.69) is 26.2 Å². The number of aryl methyl sites for hydroxylation is 1. The molecule has 0 fully saturated rings. The predicted molar refractivity (Wildman–Crippen MR) is 77.0 cm³/mol. The van der Waals surface area contributed by atoms with Gasteiger partial charge in [0.2, 0.25) is 0 Å². The van der Waals surface area contributed by atoms with Gasteiger partial charge in [0, 0.05) is 16.2 Å². The number of aliphatic hydroxyl groups excluding tert-OH is 1. The highest BCUT2D eigenvalue weighted by Crippen LogP contribution is 2.21. The fourth-order valence-electron chi connectivity index (χ4n) is 1.67. The van der Waals surface area contributed by atoms with Gasteiger partial charge in [-0.1, -0.05) is 6.07 Å². The van der Waals surface area contributed by atoms with Gasteiger partial charge in [-0.3, -0.25) is 9.78 Å². The van der Waals surface area contributed by atoms with Crippen molar-refractivity contribution in [3.63, 3.8) is 0 Å². The number of benzene rings is 1. The molecule has 0 aliphatic rings. The molecule has 0 aliphatic carbocycles. The number of aromatic nitrogens is 1. The molecule has 4 nitrogen and oxygen atoms in total. The smallest absolute Gasteiger partial charge is 0.256 e. The van der Waals surface area contributed by atoms with Gasteiger partial charge in [-0.05, 0) is 46.6 Å². The summed E-state index contributed by atoms with van der Waals surface area (Å²) in [4.78, 5) is 16.1. The summed E-state index contributed by atoms with van der Waals surface area (Å²) < 4.78 is 0.736. The van der Waals surface area contributed by atoms with Gasteiger partial charge in [0.15, 0.2) is 0 Å². The largest absolute Gasteiger partial charge is 0.392 e.